The lowest BCUT2D eigenvalue weighted by atomic mass is 9.65. The third kappa shape index (κ3) is 3.28. The summed E-state index contributed by atoms with van der Waals surface area (Å²) in [5.74, 6) is 0.513. The van der Waals surface area contributed by atoms with Crippen LogP contribution in [-0.2, 0) is 16.6 Å². The van der Waals surface area contributed by atoms with Crippen LogP contribution in [0.1, 0.15) is 48.5 Å². The van der Waals surface area contributed by atoms with Crippen LogP contribution in [-0.4, -0.2) is 29.5 Å². The van der Waals surface area contributed by atoms with Gasteiger partial charge in [0, 0.05) is 24.9 Å². The number of likely N-dealkylation sites (N-methyl/N-ethyl adjacent to an activating group) is 1. The Morgan fingerprint density at radius 2 is 1.77 bits per heavy atom. The van der Waals surface area contributed by atoms with Gasteiger partial charge in [0.1, 0.15) is 0 Å². The van der Waals surface area contributed by atoms with Crippen molar-refractivity contribution in [1.29, 1.82) is 0 Å². The highest BCUT2D eigenvalue weighted by molar-refractivity contribution is 5.81. The number of rotatable bonds is 5. The lowest BCUT2D eigenvalue weighted by molar-refractivity contribution is -0.132. The molecule has 1 amide bonds. The van der Waals surface area contributed by atoms with Crippen molar-refractivity contribution in [2.75, 3.05) is 13.6 Å². The van der Waals surface area contributed by atoms with Crippen molar-refractivity contribution in [2.24, 2.45) is 5.92 Å². The van der Waals surface area contributed by atoms with Crippen LogP contribution in [0, 0.1) is 5.92 Å². The maximum absolute atomic E-state index is 12.6. The number of carbonyl (C=O) groups excluding carboxylic acids is 1. The fraction of sp³-hybridized carbons (Fsp3) is 0.435. The molecule has 2 atom stereocenters. The zero-order valence-electron chi connectivity index (χ0n) is 15.4. The normalized spacial score (nSPS) is 24.8. The van der Waals surface area contributed by atoms with Crippen molar-refractivity contribution in [1.82, 2.24) is 4.90 Å². The van der Waals surface area contributed by atoms with Gasteiger partial charge in [-0.2, -0.15) is 0 Å². The number of aliphatic hydroxyl groups is 1. The Balaban J connectivity index is 1.72. The molecule has 0 aliphatic heterocycles. The molecular formula is C23H27NO2. The lowest BCUT2D eigenvalue weighted by Crippen LogP contribution is -2.46. The van der Waals surface area contributed by atoms with Crippen LogP contribution in [0.25, 0.3) is 0 Å². The average Bonchev–Trinajstić information content (AvgIpc) is 3.50. The van der Waals surface area contributed by atoms with Gasteiger partial charge in [0.05, 0.1) is 6.10 Å². The summed E-state index contributed by atoms with van der Waals surface area (Å²) in [4.78, 5) is 14.6. The van der Waals surface area contributed by atoms with Crippen molar-refractivity contribution in [3.05, 3.63) is 71.3 Å². The number of hydrogen-bond donors (Lipinski definition) is 1. The van der Waals surface area contributed by atoms with E-state index in [2.05, 4.69) is 36.4 Å². The Bertz CT molecular complexity index is 784. The highest BCUT2D eigenvalue weighted by Crippen LogP contribution is 2.45. The van der Waals surface area contributed by atoms with E-state index in [-0.39, 0.29) is 17.2 Å². The first-order valence-corrected chi connectivity index (χ1v) is 9.65. The molecular weight excluding hydrogens is 322 g/mol. The quantitative estimate of drug-likeness (QED) is 0.890. The van der Waals surface area contributed by atoms with E-state index in [4.69, 9.17) is 0 Å². The molecule has 3 heteroatoms. The molecule has 26 heavy (non-hydrogen) atoms. The van der Waals surface area contributed by atoms with Crippen LogP contribution in [0.2, 0.25) is 0 Å². The van der Waals surface area contributed by atoms with Gasteiger partial charge in [-0.25, -0.2) is 0 Å². The van der Waals surface area contributed by atoms with Gasteiger partial charge in [-0.1, -0.05) is 54.6 Å². The minimum absolute atomic E-state index is 0.142. The van der Waals surface area contributed by atoms with E-state index in [1.807, 2.05) is 30.1 Å². The molecule has 2 aliphatic rings. The maximum Gasteiger partial charge on any atom is 0.225 e. The molecule has 2 unspecified atom stereocenters. The minimum Gasteiger partial charge on any atom is -0.388 e. The third-order valence-electron chi connectivity index (χ3n) is 6.02. The Morgan fingerprint density at radius 1 is 1.08 bits per heavy atom. The van der Waals surface area contributed by atoms with E-state index in [0.717, 1.165) is 37.7 Å². The SMILES string of the molecule is CN(CC1(Cc2ccccc2)CCC(O)c2ccccc21)C(=O)C1CC1. The second kappa shape index (κ2) is 6.88. The fourth-order valence-electron chi connectivity index (χ4n) is 4.54. The molecule has 0 aromatic heterocycles. The van der Waals surface area contributed by atoms with Gasteiger partial charge < -0.3 is 10.0 Å². The predicted molar refractivity (Wildman–Crippen MR) is 103 cm³/mol. The number of nitrogens with zero attached hydrogens (tertiary/aromatic N) is 1. The molecule has 136 valence electrons. The Morgan fingerprint density at radius 3 is 2.50 bits per heavy atom. The van der Waals surface area contributed by atoms with Gasteiger partial charge in [-0.3, -0.25) is 4.79 Å². The fourth-order valence-corrected chi connectivity index (χ4v) is 4.54. The molecule has 1 N–H and O–H groups in total. The van der Waals surface area contributed by atoms with E-state index < -0.39 is 6.10 Å². The van der Waals surface area contributed by atoms with Crippen LogP contribution in [0.4, 0.5) is 0 Å². The van der Waals surface area contributed by atoms with Gasteiger partial charge in [0.15, 0.2) is 0 Å². The van der Waals surface area contributed by atoms with E-state index in [1.54, 1.807) is 0 Å². The molecule has 2 aromatic carbocycles. The van der Waals surface area contributed by atoms with Crippen LogP contribution in [0.5, 0.6) is 0 Å². The molecule has 0 bridgehead atoms. The van der Waals surface area contributed by atoms with Gasteiger partial charge >= 0.3 is 0 Å². The molecule has 0 spiro atoms. The van der Waals surface area contributed by atoms with Crippen LogP contribution >= 0.6 is 0 Å². The summed E-state index contributed by atoms with van der Waals surface area (Å²) in [6.45, 7) is 0.709. The molecule has 1 saturated carbocycles. The molecule has 4 rings (SSSR count). The Hall–Kier alpha value is -2.13. The number of hydrogen-bond acceptors (Lipinski definition) is 2. The van der Waals surface area contributed by atoms with E-state index in [9.17, 15) is 9.90 Å². The van der Waals surface area contributed by atoms with Crippen molar-refractivity contribution < 1.29 is 9.90 Å². The third-order valence-corrected chi connectivity index (χ3v) is 6.02. The van der Waals surface area contributed by atoms with Crippen molar-refractivity contribution in [2.45, 2.75) is 43.6 Å². The molecule has 0 saturated heterocycles. The summed E-state index contributed by atoms with van der Waals surface area (Å²) in [5, 5.41) is 10.5. The molecule has 2 aliphatic carbocycles. The van der Waals surface area contributed by atoms with E-state index in [1.165, 1.54) is 11.1 Å². The molecule has 0 radical (unpaired) electrons. The number of aliphatic hydroxyl groups excluding tert-OH is 1. The first-order chi connectivity index (χ1) is 12.6. The van der Waals surface area contributed by atoms with Crippen LogP contribution < -0.4 is 0 Å². The second-order valence-corrected chi connectivity index (χ2v) is 8.05. The maximum atomic E-state index is 12.6. The first-order valence-electron chi connectivity index (χ1n) is 9.65. The number of carbonyl (C=O) groups is 1. The summed E-state index contributed by atoms with van der Waals surface area (Å²) in [5.41, 5.74) is 3.38. The summed E-state index contributed by atoms with van der Waals surface area (Å²) < 4.78 is 0. The number of amides is 1. The first kappa shape index (κ1) is 17.3. The topological polar surface area (TPSA) is 40.5 Å². The number of benzene rings is 2. The highest BCUT2D eigenvalue weighted by atomic mass is 16.3. The summed E-state index contributed by atoms with van der Waals surface area (Å²) in [7, 11) is 1.95. The molecule has 3 nitrogen and oxygen atoms in total. The largest absolute Gasteiger partial charge is 0.388 e. The molecule has 0 heterocycles. The predicted octanol–water partition coefficient (Wildman–Crippen LogP) is 3.86. The number of fused-ring (bicyclic) bond motifs is 1. The smallest absolute Gasteiger partial charge is 0.225 e. The zero-order valence-corrected chi connectivity index (χ0v) is 15.4. The van der Waals surface area contributed by atoms with Crippen LogP contribution in [0.15, 0.2) is 54.6 Å². The zero-order chi connectivity index (χ0) is 18.1. The van der Waals surface area contributed by atoms with Crippen molar-refractivity contribution in [3.63, 3.8) is 0 Å². The van der Waals surface area contributed by atoms with E-state index >= 15 is 0 Å². The summed E-state index contributed by atoms with van der Waals surface area (Å²) in [6, 6.07) is 18.8. The van der Waals surface area contributed by atoms with Crippen molar-refractivity contribution >= 4 is 5.91 Å². The van der Waals surface area contributed by atoms with Crippen molar-refractivity contribution in [3.8, 4) is 0 Å². The summed E-state index contributed by atoms with van der Waals surface area (Å²) >= 11 is 0. The molecule has 1 fully saturated rings. The van der Waals surface area contributed by atoms with Crippen LogP contribution in [0.3, 0.4) is 0 Å². The second-order valence-electron chi connectivity index (χ2n) is 8.05. The average molecular weight is 349 g/mol. The summed E-state index contributed by atoms with van der Waals surface area (Å²) in [6.07, 6.45) is 4.19. The Labute approximate surface area is 155 Å². The van der Waals surface area contributed by atoms with Gasteiger partial charge in [0.25, 0.3) is 0 Å². The van der Waals surface area contributed by atoms with Gasteiger partial charge in [0.2, 0.25) is 5.91 Å². The standard InChI is InChI=1S/C23H27NO2/c1-24(22(26)18-11-12-18)16-23(15-17-7-3-2-4-8-17)14-13-21(25)19-9-5-6-10-20(19)23/h2-10,18,21,25H,11-16H2,1H3. The van der Waals surface area contributed by atoms with E-state index in [0.29, 0.717) is 6.54 Å². The highest BCUT2D eigenvalue weighted by Gasteiger charge is 2.42. The lowest BCUT2D eigenvalue weighted by Gasteiger charge is -2.43. The Kier molecular flexibility index (Phi) is 4.58. The monoisotopic (exact) mass is 349 g/mol. The minimum atomic E-state index is -0.403. The molecule has 2 aromatic rings. The van der Waals surface area contributed by atoms with Gasteiger partial charge in [-0.15, -0.1) is 0 Å². The van der Waals surface area contributed by atoms with Gasteiger partial charge in [-0.05, 0) is 48.8 Å².